The number of carbonyl (C=O) groups excluding carboxylic acids is 2. The molecule has 0 radical (unpaired) electrons. The molecule has 0 saturated heterocycles. The number of nitrogens with one attached hydrogen (secondary N) is 1. The van der Waals surface area contributed by atoms with Crippen LogP contribution in [0.5, 0.6) is 5.75 Å². The summed E-state index contributed by atoms with van der Waals surface area (Å²) in [6.07, 6.45) is -0.485. The molecule has 0 spiro atoms. The van der Waals surface area contributed by atoms with Crippen LogP contribution in [0, 0.1) is 0 Å². The molecule has 0 aliphatic carbocycles. The van der Waals surface area contributed by atoms with Crippen LogP contribution in [0.25, 0.3) is 0 Å². The second kappa shape index (κ2) is 10.1. The van der Waals surface area contributed by atoms with Crippen molar-refractivity contribution < 1.29 is 19.1 Å². The van der Waals surface area contributed by atoms with E-state index in [9.17, 15) is 9.59 Å². The van der Waals surface area contributed by atoms with Gasteiger partial charge in [-0.1, -0.05) is 30.3 Å². The number of rotatable bonds is 8. The molecule has 1 N–H and O–H groups in total. The maximum atomic E-state index is 11.9. The summed E-state index contributed by atoms with van der Waals surface area (Å²) in [5, 5.41) is 2.61. The van der Waals surface area contributed by atoms with Gasteiger partial charge >= 0.3 is 6.09 Å². The maximum Gasteiger partial charge on any atom is 0.407 e. The van der Waals surface area contributed by atoms with Gasteiger partial charge < -0.3 is 19.7 Å². The smallest absolute Gasteiger partial charge is 0.407 e. The van der Waals surface area contributed by atoms with Gasteiger partial charge in [0.05, 0.1) is 6.61 Å². The van der Waals surface area contributed by atoms with Gasteiger partial charge in [-0.25, -0.2) is 4.79 Å². The van der Waals surface area contributed by atoms with E-state index in [0.717, 1.165) is 17.0 Å². The molecule has 0 bridgehead atoms. The quantitative estimate of drug-likeness (QED) is 0.787. The summed E-state index contributed by atoms with van der Waals surface area (Å²) >= 11 is 0. The highest BCUT2D eigenvalue weighted by Gasteiger charge is 2.12. The molecule has 2 aromatic rings. The van der Waals surface area contributed by atoms with Gasteiger partial charge in [-0.2, -0.15) is 0 Å². The van der Waals surface area contributed by atoms with Crippen molar-refractivity contribution in [3.8, 4) is 5.75 Å². The zero-order valence-corrected chi connectivity index (χ0v) is 15.1. The van der Waals surface area contributed by atoms with Crippen LogP contribution in [0.1, 0.15) is 19.4 Å². The van der Waals surface area contributed by atoms with Crippen molar-refractivity contribution in [3.05, 3.63) is 60.2 Å². The van der Waals surface area contributed by atoms with Gasteiger partial charge in [-0.15, -0.1) is 0 Å². The van der Waals surface area contributed by atoms with Crippen LogP contribution >= 0.6 is 0 Å². The highest BCUT2D eigenvalue weighted by Crippen LogP contribution is 2.20. The minimum Gasteiger partial charge on any atom is -0.489 e. The van der Waals surface area contributed by atoms with E-state index < -0.39 is 6.09 Å². The van der Waals surface area contributed by atoms with Crippen molar-refractivity contribution in [2.45, 2.75) is 20.5 Å². The van der Waals surface area contributed by atoms with E-state index in [1.807, 2.05) is 54.6 Å². The fourth-order valence-electron chi connectivity index (χ4n) is 2.38. The standard InChI is InChI=1S/C20H24N2O4/c1-3-25-20(24)21-13-14-22(16(2)23)18-9-11-19(12-10-18)26-15-17-7-5-4-6-8-17/h4-12H,3,13-15H2,1-2H3,(H,21,24). The molecule has 0 unspecified atom stereocenters. The molecule has 0 saturated carbocycles. The van der Waals surface area contributed by atoms with Crippen LogP contribution in [0.3, 0.4) is 0 Å². The van der Waals surface area contributed by atoms with Crippen molar-refractivity contribution in [3.63, 3.8) is 0 Å². The Morgan fingerprint density at radius 1 is 1.04 bits per heavy atom. The predicted molar refractivity (Wildman–Crippen MR) is 100 cm³/mol. The molecular weight excluding hydrogens is 332 g/mol. The van der Waals surface area contributed by atoms with Gasteiger partial charge in [-0.3, -0.25) is 4.79 Å². The number of benzene rings is 2. The molecule has 0 aliphatic heterocycles. The van der Waals surface area contributed by atoms with Gasteiger partial charge in [0.2, 0.25) is 5.91 Å². The summed E-state index contributed by atoms with van der Waals surface area (Å²) in [5.41, 5.74) is 1.84. The van der Waals surface area contributed by atoms with Gasteiger partial charge in [0.25, 0.3) is 0 Å². The van der Waals surface area contributed by atoms with E-state index in [2.05, 4.69) is 5.32 Å². The van der Waals surface area contributed by atoms with E-state index in [4.69, 9.17) is 9.47 Å². The molecular formula is C20H24N2O4. The van der Waals surface area contributed by atoms with Crippen LogP contribution in [0.4, 0.5) is 10.5 Å². The summed E-state index contributed by atoms with van der Waals surface area (Å²) in [5.74, 6) is 0.624. The van der Waals surface area contributed by atoms with Crippen molar-refractivity contribution in [1.82, 2.24) is 5.32 Å². The van der Waals surface area contributed by atoms with Gasteiger partial charge in [0.1, 0.15) is 12.4 Å². The SMILES string of the molecule is CCOC(=O)NCCN(C(C)=O)c1ccc(OCc2ccccc2)cc1. The monoisotopic (exact) mass is 356 g/mol. The first-order valence-corrected chi connectivity index (χ1v) is 8.55. The first-order chi connectivity index (χ1) is 12.6. The zero-order valence-electron chi connectivity index (χ0n) is 15.1. The molecule has 0 fully saturated rings. The van der Waals surface area contributed by atoms with E-state index in [-0.39, 0.29) is 5.91 Å². The largest absolute Gasteiger partial charge is 0.489 e. The Labute approximate surface area is 153 Å². The predicted octanol–water partition coefficient (Wildman–Crippen LogP) is 3.36. The summed E-state index contributed by atoms with van der Waals surface area (Å²) in [6, 6.07) is 17.2. The lowest BCUT2D eigenvalue weighted by Crippen LogP contribution is -2.37. The van der Waals surface area contributed by atoms with Crippen molar-refractivity contribution in [2.24, 2.45) is 0 Å². The minimum atomic E-state index is -0.485. The Hall–Kier alpha value is -3.02. The third kappa shape index (κ3) is 6.12. The lowest BCUT2D eigenvalue weighted by atomic mass is 10.2. The topological polar surface area (TPSA) is 67.9 Å². The Morgan fingerprint density at radius 2 is 1.73 bits per heavy atom. The van der Waals surface area contributed by atoms with Gasteiger partial charge in [-0.05, 0) is 36.8 Å². The molecule has 138 valence electrons. The summed E-state index contributed by atoms with van der Waals surface area (Å²) in [4.78, 5) is 24.8. The van der Waals surface area contributed by atoms with Crippen LogP contribution in [0.2, 0.25) is 0 Å². The van der Waals surface area contributed by atoms with E-state index in [0.29, 0.717) is 26.3 Å². The number of anilines is 1. The summed E-state index contributed by atoms with van der Waals surface area (Å²) in [6.45, 7) is 4.70. The molecule has 6 nitrogen and oxygen atoms in total. The first-order valence-electron chi connectivity index (χ1n) is 8.55. The summed E-state index contributed by atoms with van der Waals surface area (Å²) in [7, 11) is 0. The molecule has 0 heterocycles. The van der Waals surface area contributed by atoms with E-state index in [1.54, 1.807) is 11.8 Å². The van der Waals surface area contributed by atoms with Crippen molar-refractivity contribution >= 4 is 17.7 Å². The van der Waals surface area contributed by atoms with E-state index >= 15 is 0 Å². The Balaban J connectivity index is 1.90. The van der Waals surface area contributed by atoms with Crippen molar-refractivity contribution in [1.29, 1.82) is 0 Å². The maximum absolute atomic E-state index is 11.9. The number of carbonyl (C=O) groups is 2. The molecule has 0 aliphatic rings. The molecule has 2 rings (SSSR count). The molecule has 6 heteroatoms. The molecule has 0 atom stereocenters. The average molecular weight is 356 g/mol. The number of ether oxygens (including phenoxy) is 2. The highest BCUT2D eigenvalue weighted by atomic mass is 16.5. The number of alkyl carbamates (subject to hydrolysis) is 1. The lowest BCUT2D eigenvalue weighted by Gasteiger charge is -2.21. The lowest BCUT2D eigenvalue weighted by molar-refractivity contribution is -0.116. The first kappa shape index (κ1) is 19.3. The molecule has 0 aromatic heterocycles. The number of nitrogens with zero attached hydrogens (tertiary/aromatic N) is 1. The highest BCUT2D eigenvalue weighted by molar-refractivity contribution is 5.91. The van der Waals surface area contributed by atoms with Crippen LogP contribution in [0.15, 0.2) is 54.6 Å². The summed E-state index contributed by atoms with van der Waals surface area (Å²) < 4.78 is 10.5. The molecule has 2 amide bonds. The third-order valence-corrected chi connectivity index (χ3v) is 3.66. The Kier molecular flexibility index (Phi) is 7.49. The molecule has 26 heavy (non-hydrogen) atoms. The fourth-order valence-corrected chi connectivity index (χ4v) is 2.38. The van der Waals surface area contributed by atoms with Gasteiger partial charge in [0, 0.05) is 25.7 Å². The second-order valence-corrected chi connectivity index (χ2v) is 5.59. The Bertz CT molecular complexity index is 702. The van der Waals surface area contributed by atoms with Crippen LogP contribution in [-0.4, -0.2) is 31.7 Å². The number of hydrogen-bond acceptors (Lipinski definition) is 4. The third-order valence-electron chi connectivity index (χ3n) is 3.66. The average Bonchev–Trinajstić information content (AvgIpc) is 2.65. The fraction of sp³-hybridized carbons (Fsp3) is 0.300. The molecule has 2 aromatic carbocycles. The van der Waals surface area contributed by atoms with Crippen molar-refractivity contribution in [2.75, 3.05) is 24.6 Å². The normalized spacial score (nSPS) is 10.1. The van der Waals surface area contributed by atoms with Crippen LogP contribution in [-0.2, 0) is 16.1 Å². The zero-order chi connectivity index (χ0) is 18.8. The van der Waals surface area contributed by atoms with E-state index in [1.165, 1.54) is 6.92 Å². The Morgan fingerprint density at radius 3 is 2.35 bits per heavy atom. The van der Waals surface area contributed by atoms with Crippen LogP contribution < -0.4 is 15.0 Å². The minimum absolute atomic E-state index is 0.103. The number of hydrogen-bond donors (Lipinski definition) is 1. The van der Waals surface area contributed by atoms with Gasteiger partial charge in [0.15, 0.2) is 0 Å². The second-order valence-electron chi connectivity index (χ2n) is 5.59. The number of amides is 2.